The van der Waals surface area contributed by atoms with Gasteiger partial charge in [-0.05, 0) is 19.1 Å². The van der Waals surface area contributed by atoms with Gasteiger partial charge in [0.25, 0.3) is 5.91 Å². The summed E-state index contributed by atoms with van der Waals surface area (Å²) in [7, 11) is 0. The van der Waals surface area contributed by atoms with Gasteiger partial charge in [-0.1, -0.05) is 0 Å². The predicted octanol–water partition coefficient (Wildman–Crippen LogP) is 0.623. The van der Waals surface area contributed by atoms with Gasteiger partial charge in [-0.3, -0.25) is 15.0 Å². The summed E-state index contributed by atoms with van der Waals surface area (Å²) in [6.07, 6.45) is -4.05. The van der Waals surface area contributed by atoms with E-state index >= 15 is 0 Å². The van der Waals surface area contributed by atoms with Gasteiger partial charge in [-0.2, -0.15) is 18.3 Å². The van der Waals surface area contributed by atoms with Gasteiger partial charge in [0.2, 0.25) is 5.91 Å². The van der Waals surface area contributed by atoms with E-state index in [1.54, 1.807) is 12.1 Å². The van der Waals surface area contributed by atoms with Crippen LogP contribution in [0.4, 0.5) is 24.8 Å². The van der Waals surface area contributed by atoms with Crippen LogP contribution in [0.5, 0.6) is 0 Å². The molecule has 0 saturated heterocycles. The van der Waals surface area contributed by atoms with E-state index in [4.69, 9.17) is 11.6 Å². The van der Waals surface area contributed by atoms with Crippen LogP contribution in [0.1, 0.15) is 18.9 Å². The van der Waals surface area contributed by atoms with Crippen molar-refractivity contribution in [3.05, 3.63) is 23.9 Å². The molecule has 1 aliphatic rings. The van der Waals surface area contributed by atoms with Crippen LogP contribution in [-0.4, -0.2) is 42.7 Å². The third kappa shape index (κ3) is 3.20. The van der Waals surface area contributed by atoms with Crippen LogP contribution in [0.15, 0.2) is 18.3 Å². The van der Waals surface area contributed by atoms with Crippen LogP contribution in [0.25, 0.3) is 22.6 Å². The Hall–Kier alpha value is -3.81. The maximum atomic E-state index is 12.7. The van der Waals surface area contributed by atoms with Gasteiger partial charge in [-0.25, -0.2) is 25.5 Å². The molecule has 162 valence electrons. The number of hydrogen-bond acceptors (Lipinski definition) is 8. The molecule has 0 spiro atoms. The number of alkyl halides is 3. The summed E-state index contributed by atoms with van der Waals surface area (Å²) >= 11 is 0. The molecular formula is C17H16F3N9O2. The first-order valence-corrected chi connectivity index (χ1v) is 8.95. The van der Waals surface area contributed by atoms with Crippen molar-refractivity contribution in [2.45, 2.75) is 31.5 Å². The van der Waals surface area contributed by atoms with Crippen molar-refractivity contribution < 1.29 is 22.8 Å². The van der Waals surface area contributed by atoms with Gasteiger partial charge in [0.05, 0.1) is 23.9 Å². The van der Waals surface area contributed by atoms with Gasteiger partial charge in [0.1, 0.15) is 17.3 Å². The second kappa shape index (κ2) is 6.87. The number of nitrogens with one attached hydrogen (secondary N) is 2. The number of aromatic nitrogens is 5. The molecule has 0 aliphatic carbocycles. The SMILES string of the molecule is CC1(C(=O)NN)C(=O)Nc2nc(-c3nn(CCC(F)(F)F)c4ncccc34)nc(N)c21. The summed E-state index contributed by atoms with van der Waals surface area (Å²) in [6, 6.07) is 3.19. The molecule has 11 nitrogen and oxygen atoms in total. The maximum absolute atomic E-state index is 12.7. The van der Waals surface area contributed by atoms with Gasteiger partial charge in [-0.15, -0.1) is 0 Å². The molecule has 1 atom stereocenters. The van der Waals surface area contributed by atoms with E-state index in [2.05, 4.69) is 25.4 Å². The van der Waals surface area contributed by atoms with Crippen LogP contribution < -0.4 is 22.3 Å². The third-order valence-electron chi connectivity index (χ3n) is 5.03. The molecule has 31 heavy (non-hydrogen) atoms. The van der Waals surface area contributed by atoms with E-state index < -0.39 is 36.4 Å². The number of hydrogen-bond donors (Lipinski definition) is 4. The van der Waals surface area contributed by atoms with Crippen molar-refractivity contribution in [2.75, 3.05) is 11.1 Å². The summed E-state index contributed by atoms with van der Waals surface area (Å²) in [5.74, 6) is 3.45. The summed E-state index contributed by atoms with van der Waals surface area (Å²) in [4.78, 5) is 37.2. The molecule has 4 heterocycles. The Kier molecular flexibility index (Phi) is 4.53. The highest BCUT2D eigenvalue weighted by atomic mass is 19.4. The molecule has 0 radical (unpaired) electrons. The van der Waals surface area contributed by atoms with Crippen LogP contribution in [0.3, 0.4) is 0 Å². The lowest BCUT2D eigenvalue weighted by atomic mass is 9.83. The average molecular weight is 435 g/mol. The molecule has 0 aromatic carbocycles. The number of hydrazine groups is 1. The highest BCUT2D eigenvalue weighted by Gasteiger charge is 2.52. The molecule has 1 unspecified atom stereocenters. The minimum Gasteiger partial charge on any atom is -0.383 e. The molecule has 3 aromatic rings. The lowest BCUT2D eigenvalue weighted by Crippen LogP contribution is -2.49. The van der Waals surface area contributed by atoms with Crippen molar-refractivity contribution in [1.82, 2.24) is 30.2 Å². The fourth-order valence-corrected chi connectivity index (χ4v) is 3.44. The molecule has 4 rings (SSSR count). The number of halogens is 3. The maximum Gasteiger partial charge on any atom is 0.390 e. The van der Waals surface area contributed by atoms with Crippen LogP contribution in [0, 0.1) is 0 Å². The zero-order valence-electron chi connectivity index (χ0n) is 16.0. The number of amides is 2. The smallest absolute Gasteiger partial charge is 0.383 e. The van der Waals surface area contributed by atoms with E-state index in [-0.39, 0.29) is 34.4 Å². The zero-order valence-corrected chi connectivity index (χ0v) is 16.0. The fraction of sp³-hybridized carbons (Fsp3) is 0.294. The Morgan fingerprint density at radius 1 is 1.35 bits per heavy atom. The molecule has 6 N–H and O–H groups in total. The molecule has 0 saturated carbocycles. The normalized spacial score (nSPS) is 18.2. The summed E-state index contributed by atoms with van der Waals surface area (Å²) in [5.41, 5.74) is 6.60. The number of carbonyl (C=O) groups excluding carboxylic acids is 2. The second-order valence-corrected chi connectivity index (χ2v) is 7.02. The van der Waals surface area contributed by atoms with Crippen LogP contribution in [-0.2, 0) is 21.5 Å². The molecule has 0 bridgehead atoms. The highest BCUT2D eigenvalue weighted by Crippen LogP contribution is 2.41. The van der Waals surface area contributed by atoms with E-state index in [9.17, 15) is 22.8 Å². The van der Waals surface area contributed by atoms with Crippen molar-refractivity contribution >= 4 is 34.5 Å². The number of pyridine rings is 1. The quantitative estimate of drug-likeness (QED) is 0.200. The highest BCUT2D eigenvalue weighted by molar-refractivity contribution is 6.20. The number of nitrogens with two attached hydrogens (primary N) is 2. The van der Waals surface area contributed by atoms with Gasteiger partial charge < -0.3 is 11.1 Å². The summed E-state index contributed by atoms with van der Waals surface area (Å²) in [6.45, 7) is 0.865. The number of carbonyl (C=O) groups is 2. The molecule has 2 amide bonds. The Labute approximate surface area is 172 Å². The summed E-state index contributed by atoms with van der Waals surface area (Å²) in [5, 5.41) is 7.07. The van der Waals surface area contributed by atoms with Crippen molar-refractivity contribution in [3.63, 3.8) is 0 Å². The number of nitrogen functional groups attached to an aromatic ring is 1. The monoisotopic (exact) mass is 435 g/mol. The molecule has 14 heteroatoms. The first-order chi connectivity index (χ1) is 14.6. The first kappa shape index (κ1) is 20.5. The fourth-order valence-electron chi connectivity index (χ4n) is 3.44. The van der Waals surface area contributed by atoms with Crippen LogP contribution in [0.2, 0.25) is 0 Å². The Morgan fingerprint density at radius 3 is 2.77 bits per heavy atom. The molecule has 0 fully saturated rings. The lowest BCUT2D eigenvalue weighted by Gasteiger charge is -2.20. The molecule has 3 aromatic heterocycles. The lowest BCUT2D eigenvalue weighted by molar-refractivity contribution is -0.137. The molecular weight excluding hydrogens is 419 g/mol. The number of fused-ring (bicyclic) bond motifs is 2. The minimum absolute atomic E-state index is 0.0134. The number of nitrogens with zero attached hydrogens (tertiary/aromatic N) is 5. The minimum atomic E-state index is -4.37. The zero-order chi connectivity index (χ0) is 22.6. The number of aryl methyl sites for hydroxylation is 1. The van der Waals surface area contributed by atoms with Crippen molar-refractivity contribution in [3.8, 4) is 11.5 Å². The third-order valence-corrected chi connectivity index (χ3v) is 5.03. The van der Waals surface area contributed by atoms with Crippen molar-refractivity contribution in [1.29, 1.82) is 0 Å². The van der Waals surface area contributed by atoms with E-state index in [0.29, 0.717) is 5.39 Å². The Balaban J connectivity index is 1.84. The van der Waals surface area contributed by atoms with Crippen molar-refractivity contribution in [2.24, 2.45) is 5.84 Å². The first-order valence-electron chi connectivity index (χ1n) is 8.95. The van der Waals surface area contributed by atoms with E-state index in [1.165, 1.54) is 13.1 Å². The topological polar surface area (TPSA) is 167 Å². The standard InChI is InChI=1S/C17H16F3N9O2/c1-16(15(31)27-22)8-10(21)24-12(25-11(8)26-14(16)30)9-7-3-2-5-23-13(7)29(28-9)6-4-17(18,19)20/h2-3,5H,4,6,22H2,1H3,(H,27,31)(H3,21,24,25,26,30). The van der Waals surface area contributed by atoms with E-state index in [1.807, 2.05) is 5.43 Å². The van der Waals surface area contributed by atoms with Gasteiger partial charge in [0.15, 0.2) is 16.9 Å². The Bertz CT molecular complexity index is 1220. The second-order valence-electron chi connectivity index (χ2n) is 7.02. The summed E-state index contributed by atoms with van der Waals surface area (Å²) < 4.78 is 39.2. The van der Waals surface area contributed by atoms with E-state index in [0.717, 1.165) is 4.68 Å². The largest absolute Gasteiger partial charge is 0.390 e. The number of rotatable bonds is 4. The molecule has 1 aliphatic heterocycles. The van der Waals surface area contributed by atoms with Gasteiger partial charge in [0, 0.05) is 6.20 Å². The predicted molar refractivity (Wildman–Crippen MR) is 102 cm³/mol. The van der Waals surface area contributed by atoms with Gasteiger partial charge >= 0.3 is 6.18 Å². The Morgan fingerprint density at radius 2 is 2.10 bits per heavy atom. The number of anilines is 2. The average Bonchev–Trinajstić information content (AvgIpc) is 3.21. The van der Waals surface area contributed by atoms with Crippen LogP contribution >= 0.6 is 0 Å².